The minimum atomic E-state index is -1.18. The van der Waals surface area contributed by atoms with Crippen molar-refractivity contribution in [2.45, 2.75) is 50.3 Å². The van der Waals surface area contributed by atoms with Crippen LogP contribution < -0.4 is 15.6 Å². The topological polar surface area (TPSA) is 173 Å². The molecule has 0 radical (unpaired) electrons. The zero-order valence-electron chi connectivity index (χ0n) is 20.6. The zero-order chi connectivity index (χ0) is 27.0. The predicted molar refractivity (Wildman–Crippen MR) is 139 cm³/mol. The Kier molecular flexibility index (Phi) is 7.65. The van der Waals surface area contributed by atoms with E-state index in [1.165, 1.54) is 21.5 Å². The molecule has 16 heteroatoms. The minimum Gasteiger partial charge on any atom is -0.477 e. The first-order chi connectivity index (χ1) is 18.3. The molecular formula is C22H26N7O6S3+. The number of carboxylic acids is 1. The number of methoxy groups -OCH3 is 1. The lowest BCUT2D eigenvalue weighted by molar-refractivity contribution is -0.692. The molecule has 1 unspecified atom stereocenters. The predicted octanol–water partition coefficient (Wildman–Crippen LogP) is 0.673. The fourth-order valence-electron chi connectivity index (χ4n) is 4.73. The Hall–Kier alpha value is -3.08. The van der Waals surface area contributed by atoms with Gasteiger partial charge in [0.1, 0.15) is 28.6 Å². The molecule has 1 saturated heterocycles. The van der Waals surface area contributed by atoms with Crippen LogP contribution in [0.2, 0.25) is 0 Å². The molecule has 4 heterocycles. The van der Waals surface area contributed by atoms with E-state index in [0.717, 1.165) is 36.5 Å². The third kappa shape index (κ3) is 4.76. The number of nitrogens with two attached hydrogens (primary N) is 1. The molecule has 2 aromatic heterocycles. The van der Waals surface area contributed by atoms with Crippen LogP contribution in [0.25, 0.3) is 0 Å². The van der Waals surface area contributed by atoms with E-state index in [2.05, 4.69) is 24.4 Å². The maximum absolute atomic E-state index is 13.1. The van der Waals surface area contributed by atoms with E-state index in [4.69, 9.17) is 15.3 Å². The van der Waals surface area contributed by atoms with E-state index in [1.807, 2.05) is 5.51 Å². The number of rotatable bonds is 9. The van der Waals surface area contributed by atoms with Crippen molar-refractivity contribution in [3.8, 4) is 0 Å². The molecule has 2 aliphatic heterocycles. The van der Waals surface area contributed by atoms with Crippen molar-refractivity contribution < 1.29 is 33.6 Å². The van der Waals surface area contributed by atoms with E-state index in [0.29, 0.717) is 17.9 Å². The highest BCUT2D eigenvalue weighted by Crippen LogP contribution is 2.41. The summed E-state index contributed by atoms with van der Waals surface area (Å²) in [7, 11) is 1.70. The molecule has 0 aromatic carbocycles. The molecule has 5 rings (SSSR count). The summed E-state index contributed by atoms with van der Waals surface area (Å²) in [4.78, 5) is 49.9. The largest absolute Gasteiger partial charge is 0.477 e. The van der Waals surface area contributed by atoms with Gasteiger partial charge >= 0.3 is 5.97 Å². The summed E-state index contributed by atoms with van der Waals surface area (Å²) in [6.45, 7) is 2.27. The van der Waals surface area contributed by atoms with Gasteiger partial charge in [0, 0.05) is 36.4 Å². The number of ether oxygens (including phenoxy) is 1. The first kappa shape index (κ1) is 26.5. The molecule has 1 aliphatic carbocycles. The van der Waals surface area contributed by atoms with Gasteiger partial charge in [-0.2, -0.15) is 13.9 Å². The third-order valence-electron chi connectivity index (χ3n) is 6.45. The molecule has 13 nitrogen and oxygen atoms in total. The van der Waals surface area contributed by atoms with Gasteiger partial charge in [0.15, 0.2) is 17.4 Å². The summed E-state index contributed by atoms with van der Waals surface area (Å²) in [5.41, 5.74) is 9.17. The molecule has 2 amide bonds. The Morgan fingerprint density at radius 1 is 1.42 bits per heavy atom. The Labute approximate surface area is 229 Å². The van der Waals surface area contributed by atoms with Crippen LogP contribution in [0.3, 0.4) is 0 Å². The molecule has 202 valence electrons. The summed E-state index contributed by atoms with van der Waals surface area (Å²) < 4.78 is 11.7. The number of β-lactam (4-membered cyclic amide) rings is 1. The molecule has 0 bridgehead atoms. The number of anilines is 1. The zero-order valence-corrected chi connectivity index (χ0v) is 23.0. The minimum absolute atomic E-state index is 0.0152. The Morgan fingerprint density at radius 3 is 2.92 bits per heavy atom. The summed E-state index contributed by atoms with van der Waals surface area (Å²) in [6, 6.07) is -0.935. The first-order valence-electron chi connectivity index (χ1n) is 11.9. The Morgan fingerprint density at radius 2 is 2.24 bits per heavy atom. The monoisotopic (exact) mass is 580 g/mol. The van der Waals surface area contributed by atoms with Crippen LogP contribution in [0.15, 0.2) is 21.9 Å². The second-order valence-electron chi connectivity index (χ2n) is 8.71. The van der Waals surface area contributed by atoms with Gasteiger partial charge in [0.05, 0.1) is 6.10 Å². The van der Waals surface area contributed by atoms with Gasteiger partial charge in [-0.15, -0.1) is 11.8 Å². The van der Waals surface area contributed by atoms with Crippen LogP contribution in [0.5, 0.6) is 0 Å². The number of nitrogen functional groups attached to an aromatic ring is 1. The number of fused-ring (bicyclic) bond motifs is 2. The maximum Gasteiger partial charge on any atom is 0.352 e. The van der Waals surface area contributed by atoms with Crippen molar-refractivity contribution in [3.63, 3.8) is 0 Å². The van der Waals surface area contributed by atoms with Crippen molar-refractivity contribution in [3.05, 3.63) is 33.2 Å². The number of nitrogens with zero attached hydrogens (tertiary/aromatic N) is 5. The van der Waals surface area contributed by atoms with Gasteiger partial charge in [0.2, 0.25) is 17.0 Å². The number of thiazole rings is 1. The summed E-state index contributed by atoms with van der Waals surface area (Å²) >= 11 is 3.91. The van der Waals surface area contributed by atoms with Crippen LogP contribution in [-0.2, 0) is 36.9 Å². The van der Waals surface area contributed by atoms with Crippen LogP contribution in [0.4, 0.5) is 5.13 Å². The fraction of sp³-hybridized carbons (Fsp3) is 0.500. The molecule has 3 atom stereocenters. The number of thioether (sulfide) groups is 1. The fourth-order valence-corrected chi connectivity index (χ4v) is 7.66. The molecule has 0 spiro atoms. The van der Waals surface area contributed by atoms with E-state index in [-0.39, 0.29) is 35.1 Å². The maximum atomic E-state index is 13.1. The van der Waals surface area contributed by atoms with Crippen LogP contribution in [0.1, 0.15) is 42.3 Å². The number of hydrogen-bond donors (Lipinski definition) is 3. The molecular weight excluding hydrogens is 554 g/mol. The quantitative estimate of drug-likeness (QED) is 0.166. The summed E-state index contributed by atoms with van der Waals surface area (Å²) in [5.74, 6) is -2.02. The van der Waals surface area contributed by atoms with Gasteiger partial charge in [-0.1, -0.05) is 16.5 Å². The number of aromatic nitrogens is 3. The second-order valence-corrected chi connectivity index (χ2v) is 11.5. The van der Waals surface area contributed by atoms with Gasteiger partial charge in [-0.25, -0.2) is 4.79 Å². The normalized spacial score (nSPS) is 23.0. The van der Waals surface area contributed by atoms with Gasteiger partial charge in [-0.3, -0.25) is 14.5 Å². The number of nitrogens with one attached hydrogen (secondary N) is 1. The van der Waals surface area contributed by atoms with Crippen LogP contribution >= 0.6 is 34.6 Å². The average Bonchev–Trinajstić information content (AvgIpc) is 3.53. The van der Waals surface area contributed by atoms with Gasteiger partial charge < -0.3 is 25.7 Å². The first-order valence-corrected chi connectivity index (χ1v) is 14.6. The third-order valence-corrected chi connectivity index (χ3v) is 9.44. The highest BCUT2D eigenvalue weighted by molar-refractivity contribution is 8.00. The van der Waals surface area contributed by atoms with Gasteiger partial charge in [0.25, 0.3) is 11.8 Å². The van der Waals surface area contributed by atoms with Crippen molar-refractivity contribution in [2.24, 2.45) is 5.16 Å². The number of carbonyl (C=O) groups excluding carboxylic acids is 2. The van der Waals surface area contributed by atoms with Crippen molar-refractivity contribution >= 4 is 63.3 Å². The number of aliphatic carboxylic acids is 1. The number of hydrogen-bond acceptors (Lipinski definition) is 12. The number of carbonyl (C=O) groups is 3. The average molecular weight is 581 g/mol. The SMILES string of the molecule is CCO/N=C(\C(=O)N[C@@H]1C(=O)N2C(C(=O)O)=C(C[n+]3csc4c3CCCC4OC)CS[C@@H]12)c1nsc(N)n1. The van der Waals surface area contributed by atoms with E-state index < -0.39 is 29.2 Å². The van der Waals surface area contributed by atoms with E-state index in [9.17, 15) is 19.5 Å². The van der Waals surface area contributed by atoms with Crippen molar-refractivity contribution in [2.75, 3.05) is 25.2 Å². The van der Waals surface area contributed by atoms with E-state index >= 15 is 0 Å². The van der Waals surface area contributed by atoms with Gasteiger partial charge in [-0.05, 0) is 19.8 Å². The smallest absolute Gasteiger partial charge is 0.352 e. The Bertz CT molecular complexity index is 1340. The summed E-state index contributed by atoms with van der Waals surface area (Å²) in [5, 5.41) is 16.1. The number of oxime groups is 1. The molecule has 0 saturated carbocycles. The van der Waals surface area contributed by atoms with Crippen molar-refractivity contribution in [1.82, 2.24) is 19.6 Å². The molecule has 2 aromatic rings. The number of amides is 2. The van der Waals surface area contributed by atoms with E-state index in [1.54, 1.807) is 25.4 Å². The highest BCUT2D eigenvalue weighted by atomic mass is 32.2. The lowest BCUT2D eigenvalue weighted by Gasteiger charge is -2.49. The number of carboxylic acid groups (broad SMARTS) is 1. The standard InChI is InChI=1S/C22H25N7O6S3/c1-3-35-26-13(17-25-22(23)38-27-17)18(30)24-14-19(31)29-15(21(32)33)10(8-36-20(14)29)7-28-9-37-16-11(28)5-4-6-12(16)34-2/h9,12,14,20H,3-8H2,1-2H3,(H3-,23,24,25,27,30,32,33)/p+1/b26-13-/t12?,14-,20+/m1/s1. The lowest BCUT2D eigenvalue weighted by atomic mass is 9.99. The lowest BCUT2D eigenvalue weighted by Crippen LogP contribution is -2.71. The van der Waals surface area contributed by atoms with Crippen LogP contribution in [0, 0.1) is 0 Å². The van der Waals surface area contributed by atoms with Crippen LogP contribution in [-0.4, -0.2) is 73.7 Å². The molecule has 38 heavy (non-hydrogen) atoms. The molecule has 1 fully saturated rings. The molecule has 4 N–H and O–H groups in total. The highest BCUT2D eigenvalue weighted by Gasteiger charge is 2.55. The van der Waals surface area contributed by atoms with Crippen molar-refractivity contribution in [1.29, 1.82) is 0 Å². The second kappa shape index (κ2) is 11.0. The summed E-state index contributed by atoms with van der Waals surface area (Å²) in [6.07, 6.45) is 2.90. The molecule has 3 aliphatic rings. The Balaban J connectivity index is 1.35.